The van der Waals surface area contributed by atoms with Crippen LogP contribution >= 0.6 is 0 Å². The summed E-state index contributed by atoms with van der Waals surface area (Å²) in [5.41, 5.74) is 7.94. The maximum absolute atomic E-state index is 5.79. The Hall–Kier alpha value is -1.62. The molecule has 2 aromatic heterocycles. The molecule has 1 unspecified atom stereocenters. The van der Waals surface area contributed by atoms with E-state index < -0.39 is 0 Å². The molecule has 0 aliphatic heterocycles. The van der Waals surface area contributed by atoms with Crippen LogP contribution in [-0.2, 0) is 13.0 Å². The summed E-state index contributed by atoms with van der Waals surface area (Å²) in [6.07, 6.45) is 12.1. The Kier molecular flexibility index (Phi) is 3.87. The molecule has 2 N–H and O–H groups in total. The van der Waals surface area contributed by atoms with E-state index in [4.69, 9.17) is 10.8 Å². The van der Waals surface area contributed by atoms with E-state index in [0.717, 1.165) is 24.4 Å². The molecule has 1 fully saturated rings. The number of aromatic nitrogens is 4. The lowest BCUT2D eigenvalue weighted by Crippen LogP contribution is -2.17. The average molecular weight is 273 g/mol. The molecule has 0 spiro atoms. The standard InChI is InChI=1S/C15H23N5/c1-12(16)8-14-10-19(11-17-14)9-13-6-7-20(18-13)15-4-2-3-5-15/h6-7,10-12,15H,2-5,8-9,16H2,1H3. The summed E-state index contributed by atoms with van der Waals surface area (Å²) in [6.45, 7) is 2.79. The first-order valence-electron chi connectivity index (χ1n) is 7.51. The van der Waals surface area contributed by atoms with Gasteiger partial charge >= 0.3 is 0 Å². The monoisotopic (exact) mass is 273 g/mol. The number of hydrogen-bond donors (Lipinski definition) is 1. The van der Waals surface area contributed by atoms with Crippen molar-refractivity contribution < 1.29 is 0 Å². The van der Waals surface area contributed by atoms with Gasteiger partial charge in [-0.1, -0.05) is 12.8 Å². The SMILES string of the molecule is CC(N)Cc1cn(Cc2ccn(C3CCCC3)n2)cn1. The highest BCUT2D eigenvalue weighted by Gasteiger charge is 2.17. The third-order valence-electron chi connectivity index (χ3n) is 3.92. The predicted octanol–water partition coefficient (Wildman–Crippen LogP) is 2.13. The van der Waals surface area contributed by atoms with Crippen molar-refractivity contribution in [3.05, 3.63) is 36.2 Å². The van der Waals surface area contributed by atoms with Crippen LogP contribution in [0.4, 0.5) is 0 Å². The Labute approximate surface area is 119 Å². The van der Waals surface area contributed by atoms with Crippen LogP contribution in [0.15, 0.2) is 24.8 Å². The lowest BCUT2D eigenvalue weighted by molar-refractivity contribution is 0.461. The lowest BCUT2D eigenvalue weighted by atomic mass is 10.2. The van der Waals surface area contributed by atoms with E-state index >= 15 is 0 Å². The van der Waals surface area contributed by atoms with Crippen LogP contribution in [0.5, 0.6) is 0 Å². The largest absolute Gasteiger partial charge is 0.331 e. The van der Waals surface area contributed by atoms with Gasteiger partial charge in [0.2, 0.25) is 0 Å². The van der Waals surface area contributed by atoms with Gasteiger partial charge in [-0.05, 0) is 25.8 Å². The molecule has 108 valence electrons. The molecule has 5 nitrogen and oxygen atoms in total. The van der Waals surface area contributed by atoms with Crippen molar-refractivity contribution in [3.8, 4) is 0 Å². The van der Waals surface area contributed by atoms with Crippen LogP contribution in [0.1, 0.15) is 50.0 Å². The van der Waals surface area contributed by atoms with E-state index in [1.807, 2.05) is 13.3 Å². The normalized spacial score (nSPS) is 17.7. The fourth-order valence-electron chi connectivity index (χ4n) is 2.95. The lowest BCUT2D eigenvalue weighted by Gasteiger charge is -2.08. The van der Waals surface area contributed by atoms with Crippen molar-refractivity contribution in [1.82, 2.24) is 19.3 Å². The van der Waals surface area contributed by atoms with Gasteiger partial charge in [0.25, 0.3) is 0 Å². The quantitative estimate of drug-likeness (QED) is 0.907. The Morgan fingerprint density at radius 1 is 1.35 bits per heavy atom. The van der Waals surface area contributed by atoms with Crippen LogP contribution in [0, 0.1) is 0 Å². The highest BCUT2D eigenvalue weighted by Crippen LogP contribution is 2.28. The van der Waals surface area contributed by atoms with Gasteiger partial charge in [0, 0.05) is 24.9 Å². The highest BCUT2D eigenvalue weighted by molar-refractivity contribution is 5.05. The van der Waals surface area contributed by atoms with Crippen LogP contribution in [0.3, 0.4) is 0 Å². The number of nitrogens with two attached hydrogens (primary N) is 1. The van der Waals surface area contributed by atoms with Crippen LogP contribution < -0.4 is 5.73 Å². The summed E-state index contributed by atoms with van der Waals surface area (Å²) in [7, 11) is 0. The van der Waals surface area contributed by atoms with Crippen molar-refractivity contribution in [2.45, 2.75) is 57.7 Å². The number of rotatable bonds is 5. The maximum Gasteiger partial charge on any atom is 0.0953 e. The molecule has 0 saturated heterocycles. The van der Waals surface area contributed by atoms with E-state index in [9.17, 15) is 0 Å². The Morgan fingerprint density at radius 2 is 2.15 bits per heavy atom. The van der Waals surface area contributed by atoms with Crippen LogP contribution in [0.25, 0.3) is 0 Å². The molecule has 1 atom stereocenters. The minimum absolute atomic E-state index is 0.153. The molecule has 1 aliphatic carbocycles. The van der Waals surface area contributed by atoms with Crippen molar-refractivity contribution in [2.75, 3.05) is 0 Å². The fraction of sp³-hybridized carbons (Fsp3) is 0.600. The summed E-state index contributed by atoms with van der Waals surface area (Å²) >= 11 is 0. The topological polar surface area (TPSA) is 61.7 Å². The zero-order valence-electron chi connectivity index (χ0n) is 12.1. The first-order chi connectivity index (χ1) is 9.70. The molecule has 0 aromatic carbocycles. The zero-order chi connectivity index (χ0) is 13.9. The Morgan fingerprint density at radius 3 is 2.90 bits per heavy atom. The van der Waals surface area contributed by atoms with E-state index in [1.54, 1.807) is 0 Å². The van der Waals surface area contributed by atoms with Gasteiger partial charge in [0.15, 0.2) is 0 Å². The van der Waals surface area contributed by atoms with E-state index in [1.165, 1.54) is 25.7 Å². The molecule has 3 rings (SSSR count). The summed E-state index contributed by atoms with van der Waals surface area (Å²) < 4.78 is 4.22. The second kappa shape index (κ2) is 5.79. The summed E-state index contributed by atoms with van der Waals surface area (Å²) in [5.74, 6) is 0. The van der Waals surface area contributed by atoms with Gasteiger partial charge in [-0.3, -0.25) is 4.68 Å². The van der Waals surface area contributed by atoms with E-state index in [0.29, 0.717) is 6.04 Å². The highest BCUT2D eigenvalue weighted by atomic mass is 15.3. The summed E-state index contributed by atoms with van der Waals surface area (Å²) in [5, 5.41) is 4.70. The molecular weight excluding hydrogens is 250 g/mol. The predicted molar refractivity (Wildman–Crippen MR) is 78.4 cm³/mol. The van der Waals surface area contributed by atoms with Gasteiger partial charge in [0.05, 0.1) is 30.3 Å². The molecule has 1 saturated carbocycles. The summed E-state index contributed by atoms with van der Waals surface area (Å²) in [6, 6.07) is 2.88. The average Bonchev–Trinajstić information content (AvgIpc) is 3.09. The second-order valence-corrected chi connectivity index (χ2v) is 5.94. The van der Waals surface area contributed by atoms with E-state index in [-0.39, 0.29) is 6.04 Å². The molecule has 0 amide bonds. The zero-order valence-corrected chi connectivity index (χ0v) is 12.1. The van der Waals surface area contributed by atoms with Gasteiger partial charge < -0.3 is 10.3 Å². The minimum atomic E-state index is 0.153. The first kappa shape index (κ1) is 13.4. The summed E-state index contributed by atoms with van der Waals surface area (Å²) in [4.78, 5) is 4.39. The molecule has 0 bridgehead atoms. The van der Waals surface area contributed by atoms with Gasteiger partial charge in [-0.15, -0.1) is 0 Å². The van der Waals surface area contributed by atoms with Gasteiger partial charge in [0.1, 0.15) is 0 Å². The van der Waals surface area contributed by atoms with Crippen LogP contribution in [-0.4, -0.2) is 25.4 Å². The second-order valence-electron chi connectivity index (χ2n) is 5.94. The number of hydrogen-bond acceptors (Lipinski definition) is 3. The number of imidazole rings is 1. The molecule has 1 aliphatic rings. The van der Waals surface area contributed by atoms with Crippen molar-refractivity contribution in [1.29, 1.82) is 0 Å². The maximum atomic E-state index is 5.79. The smallest absolute Gasteiger partial charge is 0.0953 e. The third-order valence-corrected chi connectivity index (χ3v) is 3.92. The molecular formula is C15H23N5. The van der Waals surface area contributed by atoms with Gasteiger partial charge in [-0.2, -0.15) is 5.10 Å². The third kappa shape index (κ3) is 3.10. The van der Waals surface area contributed by atoms with Crippen molar-refractivity contribution >= 4 is 0 Å². The van der Waals surface area contributed by atoms with Crippen molar-refractivity contribution in [3.63, 3.8) is 0 Å². The molecule has 5 heteroatoms. The Bertz CT molecular complexity index is 548. The van der Waals surface area contributed by atoms with E-state index in [2.05, 4.69) is 32.7 Å². The molecule has 20 heavy (non-hydrogen) atoms. The number of nitrogens with zero attached hydrogens (tertiary/aromatic N) is 4. The first-order valence-corrected chi connectivity index (χ1v) is 7.51. The van der Waals surface area contributed by atoms with Gasteiger partial charge in [-0.25, -0.2) is 4.98 Å². The Balaban J connectivity index is 1.64. The van der Waals surface area contributed by atoms with Crippen molar-refractivity contribution in [2.24, 2.45) is 5.73 Å². The van der Waals surface area contributed by atoms with Crippen LogP contribution in [0.2, 0.25) is 0 Å². The fourth-order valence-corrected chi connectivity index (χ4v) is 2.95. The minimum Gasteiger partial charge on any atom is -0.331 e. The molecule has 2 heterocycles. The molecule has 0 radical (unpaired) electrons. The molecule has 2 aromatic rings.